The highest BCUT2D eigenvalue weighted by atomic mass is 16.5. The molecule has 0 spiro atoms. The van der Waals surface area contributed by atoms with Gasteiger partial charge in [-0.2, -0.15) is 4.98 Å². The zero-order chi connectivity index (χ0) is 14.1. The lowest BCUT2D eigenvalue weighted by atomic mass is 10.1. The topological polar surface area (TPSA) is 83.8 Å². The third-order valence-corrected chi connectivity index (χ3v) is 3.23. The van der Waals surface area contributed by atoms with Crippen molar-refractivity contribution in [3.63, 3.8) is 0 Å². The van der Waals surface area contributed by atoms with Crippen LogP contribution in [-0.2, 0) is 0 Å². The number of carbonyl (C=O) groups excluding carboxylic acids is 1. The highest BCUT2D eigenvalue weighted by Gasteiger charge is 2.19. The second kappa shape index (κ2) is 4.80. The van der Waals surface area contributed by atoms with Gasteiger partial charge in [0.1, 0.15) is 0 Å². The molecule has 1 aromatic carbocycles. The zero-order valence-electron chi connectivity index (χ0n) is 11.2. The first-order chi connectivity index (χ1) is 9.66. The van der Waals surface area contributed by atoms with E-state index in [1.165, 1.54) is 6.39 Å². The van der Waals surface area contributed by atoms with Gasteiger partial charge in [0.2, 0.25) is 6.39 Å². The van der Waals surface area contributed by atoms with E-state index in [2.05, 4.69) is 25.0 Å². The monoisotopic (exact) mass is 270 g/mol. The number of aromatic amines is 1. The second-order valence-electron chi connectivity index (χ2n) is 4.66. The predicted molar refractivity (Wildman–Crippen MR) is 73.2 cm³/mol. The summed E-state index contributed by atoms with van der Waals surface area (Å²) in [6.07, 6.45) is 1.24. The van der Waals surface area contributed by atoms with Crippen molar-refractivity contribution >= 4 is 16.8 Å². The Bertz CT molecular complexity index is 746. The molecule has 2 aromatic heterocycles. The van der Waals surface area contributed by atoms with Crippen LogP contribution in [-0.4, -0.2) is 21.0 Å². The van der Waals surface area contributed by atoms with Gasteiger partial charge in [-0.3, -0.25) is 4.79 Å². The molecule has 20 heavy (non-hydrogen) atoms. The summed E-state index contributed by atoms with van der Waals surface area (Å²) in [4.78, 5) is 19.6. The van der Waals surface area contributed by atoms with Crippen molar-refractivity contribution < 1.29 is 9.32 Å². The minimum absolute atomic E-state index is 0.155. The van der Waals surface area contributed by atoms with Crippen LogP contribution in [0.2, 0.25) is 0 Å². The highest BCUT2D eigenvalue weighted by molar-refractivity contribution is 6.08. The van der Waals surface area contributed by atoms with Gasteiger partial charge in [0.25, 0.3) is 5.91 Å². The normalized spacial score (nSPS) is 12.5. The number of aromatic nitrogens is 3. The minimum atomic E-state index is -0.311. The smallest absolute Gasteiger partial charge is 0.254 e. The Balaban J connectivity index is 1.91. The Kier molecular flexibility index (Phi) is 2.98. The van der Waals surface area contributed by atoms with Crippen molar-refractivity contribution in [2.24, 2.45) is 0 Å². The van der Waals surface area contributed by atoms with E-state index in [1.807, 2.05) is 38.1 Å². The summed E-state index contributed by atoms with van der Waals surface area (Å²) in [6.45, 7) is 3.70. The Morgan fingerprint density at radius 2 is 2.20 bits per heavy atom. The van der Waals surface area contributed by atoms with Gasteiger partial charge >= 0.3 is 0 Å². The number of benzene rings is 1. The summed E-state index contributed by atoms with van der Waals surface area (Å²) in [6, 6.07) is 7.40. The molecular formula is C14H14N4O2. The van der Waals surface area contributed by atoms with E-state index in [4.69, 9.17) is 0 Å². The highest BCUT2D eigenvalue weighted by Crippen LogP contribution is 2.22. The van der Waals surface area contributed by atoms with E-state index in [-0.39, 0.29) is 11.9 Å². The number of carbonyl (C=O) groups is 1. The number of nitrogens with one attached hydrogen (secondary N) is 2. The van der Waals surface area contributed by atoms with Crippen LogP contribution in [0.25, 0.3) is 10.9 Å². The fraction of sp³-hybridized carbons (Fsp3) is 0.214. The molecule has 3 aromatic rings. The number of hydrogen-bond acceptors (Lipinski definition) is 4. The SMILES string of the molecule is Cc1[nH]c2ccccc2c1C(=O)NC(C)c1ncon1. The minimum Gasteiger partial charge on any atom is -0.358 e. The molecule has 102 valence electrons. The second-order valence-corrected chi connectivity index (χ2v) is 4.66. The third kappa shape index (κ3) is 2.05. The van der Waals surface area contributed by atoms with Crippen molar-refractivity contribution in [3.8, 4) is 0 Å². The van der Waals surface area contributed by atoms with Crippen LogP contribution < -0.4 is 5.32 Å². The molecule has 0 aliphatic rings. The molecule has 0 fully saturated rings. The fourth-order valence-corrected chi connectivity index (χ4v) is 2.27. The summed E-state index contributed by atoms with van der Waals surface area (Å²) in [5.41, 5.74) is 2.43. The molecule has 1 amide bonds. The number of H-pyrrole nitrogens is 1. The van der Waals surface area contributed by atoms with Crippen molar-refractivity contribution in [1.82, 2.24) is 20.4 Å². The van der Waals surface area contributed by atoms with Crippen LogP contribution in [0.5, 0.6) is 0 Å². The molecule has 0 bridgehead atoms. The maximum absolute atomic E-state index is 12.4. The molecule has 0 aliphatic heterocycles. The predicted octanol–water partition coefficient (Wildman–Crippen LogP) is 2.35. The molecule has 2 heterocycles. The first-order valence-corrected chi connectivity index (χ1v) is 6.31. The summed E-state index contributed by atoms with van der Waals surface area (Å²) in [5.74, 6) is 0.299. The van der Waals surface area contributed by atoms with Crippen molar-refractivity contribution in [1.29, 1.82) is 0 Å². The Morgan fingerprint density at radius 3 is 2.95 bits per heavy atom. The molecule has 6 heteroatoms. The van der Waals surface area contributed by atoms with Gasteiger partial charge in [-0.15, -0.1) is 0 Å². The van der Waals surface area contributed by atoms with Crippen LogP contribution >= 0.6 is 0 Å². The molecule has 0 aliphatic carbocycles. The maximum Gasteiger partial charge on any atom is 0.254 e. The van der Waals surface area contributed by atoms with Gasteiger partial charge in [-0.05, 0) is 19.9 Å². The Morgan fingerprint density at radius 1 is 1.40 bits per heavy atom. The number of amides is 1. The van der Waals surface area contributed by atoms with Crippen molar-refractivity contribution in [2.45, 2.75) is 19.9 Å². The molecule has 2 N–H and O–H groups in total. The maximum atomic E-state index is 12.4. The van der Waals surface area contributed by atoms with Crippen LogP contribution in [0.15, 0.2) is 35.2 Å². The molecule has 3 rings (SSSR count). The number of hydrogen-bond donors (Lipinski definition) is 2. The van der Waals surface area contributed by atoms with E-state index in [0.717, 1.165) is 16.6 Å². The molecule has 1 atom stereocenters. The van der Waals surface area contributed by atoms with Crippen LogP contribution in [0.4, 0.5) is 0 Å². The van der Waals surface area contributed by atoms with Gasteiger partial charge in [0.05, 0.1) is 11.6 Å². The average molecular weight is 270 g/mol. The largest absolute Gasteiger partial charge is 0.358 e. The lowest BCUT2D eigenvalue weighted by Gasteiger charge is -2.10. The van der Waals surface area contributed by atoms with Crippen molar-refractivity contribution in [3.05, 3.63) is 47.7 Å². The summed E-state index contributed by atoms with van der Waals surface area (Å²) >= 11 is 0. The van der Waals surface area contributed by atoms with Gasteiger partial charge in [-0.1, -0.05) is 23.4 Å². The number of para-hydroxylation sites is 1. The van der Waals surface area contributed by atoms with E-state index < -0.39 is 0 Å². The molecule has 0 radical (unpaired) electrons. The van der Waals surface area contributed by atoms with E-state index in [9.17, 15) is 4.79 Å². The lowest BCUT2D eigenvalue weighted by Crippen LogP contribution is -2.27. The Labute approximate surface area is 115 Å². The molecule has 1 unspecified atom stereocenters. The lowest BCUT2D eigenvalue weighted by molar-refractivity contribution is 0.0939. The van der Waals surface area contributed by atoms with Crippen LogP contribution in [0.3, 0.4) is 0 Å². The van der Waals surface area contributed by atoms with Gasteiger partial charge in [-0.25, -0.2) is 0 Å². The van der Waals surface area contributed by atoms with Crippen LogP contribution in [0, 0.1) is 6.92 Å². The van der Waals surface area contributed by atoms with Gasteiger partial charge in [0.15, 0.2) is 5.82 Å². The first-order valence-electron chi connectivity index (χ1n) is 6.31. The standard InChI is InChI=1S/C14H14N4O2/c1-8-12(10-5-3-4-6-11(10)16-8)14(19)17-9(2)13-15-7-20-18-13/h3-7,9,16H,1-2H3,(H,17,19). The third-order valence-electron chi connectivity index (χ3n) is 3.23. The summed E-state index contributed by atoms with van der Waals surface area (Å²) in [5, 5.41) is 7.51. The Hall–Kier alpha value is -2.63. The van der Waals surface area contributed by atoms with Gasteiger partial charge < -0.3 is 14.8 Å². The molecule has 0 saturated heterocycles. The molecule has 0 saturated carbocycles. The summed E-state index contributed by atoms with van der Waals surface area (Å²) in [7, 11) is 0. The van der Waals surface area contributed by atoms with Crippen LogP contribution in [0.1, 0.15) is 34.8 Å². The number of fused-ring (bicyclic) bond motifs is 1. The van der Waals surface area contributed by atoms with Gasteiger partial charge in [0, 0.05) is 16.6 Å². The van der Waals surface area contributed by atoms with E-state index in [1.54, 1.807) is 0 Å². The molecular weight excluding hydrogens is 256 g/mol. The average Bonchev–Trinajstić information content (AvgIpc) is 3.04. The summed E-state index contributed by atoms with van der Waals surface area (Å²) < 4.78 is 4.68. The first kappa shape index (κ1) is 12.4. The van der Waals surface area contributed by atoms with Crippen molar-refractivity contribution in [2.75, 3.05) is 0 Å². The molecule has 6 nitrogen and oxygen atoms in total. The fourth-order valence-electron chi connectivity index (χ4n) is 2.27. The van der Waals surface area contributed by atoms with E-state index in [0.29, 0.717) is 11.4 Å². The number of aryl methyl sites for hydroxylation is 1. The number of rotatable bonds is 3. The number of nitrogens with zero attached hydrogens (tertiary/aromatic N) is 2. The zero-order valence-corrected chi connectivity index (χ0v) is 11.2. The quantitative estimate of drug-likeness (QED) is 0.765. The van der Waals surface area contributed by atoms with E-state index >= 15 is 0 Å².